The first-order chi connectivity index (χ1) is 6.06. The smallest absolute Gasteiger partial charge is 0.336 e. The summed E-state index contributed by atoms with van der Waals surface area (Å²) in [5.41, 5.74) is 1.67. The van der Waals surface area contributed by atoms with Crippen molar-refractivity contribution in [1.82, 2.24) is 4.98 Å². The van der Waals surface area contributed by atoms with Crippen molar-refractivity contribution in [2.75, 3.05) is 0 Å². The van der Waals surface area contributed by atoms with Gasteiger partial charge in [0, 0.05) is 5.69 Å². The molecule has 0 aliphatic carbocycles. The fourth-order valence-corrected chi connectivity index (χ4v) is 1.41. The highest BCUT2D eigenvalue weighted by molar-refractivity contribution is 6.29. The molecule has 0 saturated heterocycles. The van der Waals surface area contributed by atoms with Gasteiger partial charge < -0.3 is 5.11 Å². The lowest BCUT2D eigenvalue weighted by molar-refractivity contribution is 0.0696. The Balaban J connectivity index is 3.35. The van der Waals surface area contributed by atoms with Gasteiger partial charge in [-0.25, -0.2) is 9.78 Å². The van der Waals surface area contributed by atoms with E-state index in [1.165, 1.54) is 6.07 Å². The Labute approximate surface area is 81.4 Å². The predicted molar refractivity (Wildman–Crippen MR) is 50.3 cm³/mol. The third kappa shape index (κ3) is 1.98. The Morgan fingerprint density at radius 1 is 1.69 bits per heavy atom. The summed E-state index contributed by atoms with van der Waals surface area (Å²) in [7, 11) is 0. The fraction of sp³-hybridized carbons (Fsp3) is 0.333. The molecule has 0 aromatic carbocycles. The number of carboxylic acids is 1. The first-order valence-corrected chi connectivity index (χ1v) is 4.33. The second-order valence-electron chi connectivity index (χ2n) is 2.72. The van der Waals surface area contributed by atoms with Crippen LogP contribution in [0.1, 0.15) is 28.5 Å². The SMILES string of the molecule is CCc1nc(Cl)cc(C(=O)O)c1C. The van der Waals surface area contributed by atoms with Crippen LogP contribution in [0, 0.1) is 6.92 Å². The molecule has 4 heteroatoms. The molecule has 0 unspecified atom stereocenters. The molecule has 0 atom stereocenters. The second-order valence-corrected chi connectivity index (χ2v) is 3.11. The van der Waals surface area contributed by atoms with Crippen LogP contribution in [0.25, 0.3) is 0 Å². The number of pyridine rings is 1. The van der Waals surface area contributed by atoms with Crippen molar-refractivity contribution >= 4 is 17.6 Å². The summed E-state index contributed by atoms with van der Waals surface area (Å²) < 4.78 is 0. The van der Waals surface area contributed by atoms with E-state index in [4.69, 9.17) is 16.7 Å². The lowest BCUT2D eigenvalue weighted by Gasteiger charge is -2.06. The average Bonchev–Trinajstić information content (AvgIpc) is 2.08. The van der Waals surface area contributed by atoms with Gasteiger partial charge >= 0.3 is 5.97 Å². The summed E-state index contributed by atoms with van der Waals surface area (Å²) >= 11 is 5.67. The summed E-state index contributed by atoms with van der Waals surface area (Å²) in [5.74, 6) is -0.962. The van der Waals surface area contributed by atoms with Crippen molar-refractivity contribution in [3.63, 3.8) is 0 Å². The number of aryl methyl sites for hydroxylation is 1. The number of aromatic carboxylic acids is 1. The molecule has 1 rings (SSSR count). The van der Waals surface area contributed by atoms with Crippen molar-refractivity contribution in [2.24, 2.45) is 0 Å². The summed E-state index contributed by atoms with van der Waals surface area (Å²) in [6, 6.07) is 1.37. The Bertz CT molecular complexity index is 350. The van der Waals surface area contributed by atoms with Crippen LogP contribution in [0.15, 0.2) is 6.07 Å². The Hall–Kier alpha value is -1.09. The first kappa shape index (κ1) is 9.99. The van der Waals surface area contributed by atoms with E-state index in [1.807, 2.05) is 6.92 Å². The molecule has 0 aliphatic heterocycles. The number of hydrogen-bond acceptors (Lipinski definition) is 2. The molecule has 0 saturated carbocycles. The van der Waals surface area contributed by atoms with Crippen molar-refractivity contribution in [2.45, 2.75) is 20.3 Å². The van der Waals surface area contributed by atoms with E-state index in [0.717, 1.165) is 5.69 Å². The second kappa shape index (κ2) is 3.75. The van der Waals surface area contributed by atoms with Crippen LogP contribution in [0.2, 0.25) is 5.15 Å². The van der Waals surface area contributed by atoms with Gasteiger partial charge in [-0.3, -0.25) is 0 Å². The van der Waals surface area contributed by atoms with E-state index in [0.29, 0.717) is 12.0 Å². The van der Waals surface area contributed by atoms with Crippen LogP contribution >= 0.6 is 11.6 Å². The van der Waals surface area contributed by atoms with Crippen LogP contribution in [-0.4, -0.2) is 16.1 Å². The molecule has 0 fully saturated rings. The Morgan fingerprint density at radius 2 is 2.31 bits per heavy atom. The molecule has 0 aliphatic rings. The van der Waals surface area contributed by atoms with Gasteiger partial charge in [0.1, 0.15) is 5.15 Å². The summed E-state index contributed by atoms with van der Waals surface area (Å²) in [4.78, 5) is 14.8. The van der Waals surface area contributed by atoms with E-state index in [-0.39, 0.29) is 10.7 Å². The van der Waals surface area contributed by atoms with Gasteiger partial charge in [0.15, 0.2) is 0 Å². The molecule has 1 aromatic rings. The molecule has 1 N–H and O–H groups in total. The van der Waals surface area contributed by atoms with E-state index in [1.54, 1.807) is 6.92 Å². The molecule has 70 valence electrons. The predicted octanol–water partition coefficient (Wildman–Crippen LogP) is 2.30. The monoisotopic (exact) mass is 199 g/mol. The van der Waals surface area contributed by atoms with Crippen LogP contribution in [-0.2, 0) is 6.42 Å². The summed E-state index contributed by atoms with van der Waals surface area (Å²) in [5, 5.41) is 9.06. The topological polar surface area (TPSA) is 50.2 Å². The molecule has 13 heavy (non-hydrogen) atoms. The number of halogens is 1. The quantitative estimate of drug-likeness (QED) is 0.744. The van der Waals surface area contributed by atoms with Gasteiger partial charge in [0.2, 0.25) is 0 Å². The lowest BCUT2D eigenvalue weighted by atomic mass is 10.1. The largest absolute Gasteiger partial charge is 0.478 e. The minimum atomic E-state index is -0.962. The highest BCUT2D eigenvalue weighted by Crippen LogP contribution is 2.17. The number of aromatic nitrogens is 1. The van der Waals surface area contributed by atoms with Gasteiger partial charge in [0.05, 0.1) is 5.56 Å². The molecule has 1 aromatic heterocycles. The van der Waals surface area contributed by atoms with Crippen LogP contribution in [0.4, 0.5) is 0 Å². The van der Waals surface area contributed by atoms with E-state index < -0.39 is 5.97 Å². The fourth-order valence-electron chi connectivity index (χ4n) is 1.19. The standard InChI is InChI=1S/C9H10ClNO2/c1-3-7-5(2)6(9(12)13)4-8(10)11-7/h4H,3H2,1-2H3,(H,12,13). The highest BCUT2D eigenvalue weighted by atomic mass is 35.5. The maximum atomic E-state index is 10.8. The van der Waals surface area contributed by atoms with E-state index in [9.17, 15) is 4.79 Å². The number of hydrogen-bond donors (Lipinski definition) is 1. The van der Waals surface area contributed by atoms with Crippen LogP contribution in [0.5, 0.6) is 0 Å². The van der Waals surface area contributed by atoms with E-state index in [2.05, 4.69) is 4.98 Å². The van der Waals surface area contributed by atoms with Gasteiger partial charge in [-0.1, -0.05) is 18.5 Å². The molecule has 0 spiro atoms. The zero-order chi connectivity index (χ0) is 10.0. The Morgan fingerprint density at radius 3 is 2.77 bits per heavy atom. The van der Waals surface area contributed by atoms with Gasteiger partial charge in [-0.15, -0.1) is 0 Å². The minimum Gasteiger partial charge on any atom is -0.478 e. The molecular weight excluding hydrogens is 190 g/mol. The Kier molecular flexibility index (Phi) is 2.88. The third-order valence-corrected chi connectivity index (χ3v) is 2.10. The molecular formula is C9H10ClNO2. The van der Waals surface area contributed by atoms with Gasteiger partial charge in [0.25, 0.3) is 0 Å². The van der Waals surface area contributed by atoms with Crippen molar-refractivity contribution in [1.29, 1.82) is 0 Å². The molecule has 0 amide bonds. The maximum absolute atomic E-state index is 10.8. The summed E-state index contributed by atoms with van der Waals surface area (Å²) in [6.07, 6.45) is 0.687. The van der Waals surface area contributed by atoms with Crippen molar-refractivity contribution in [3.8, 4) is 0 Å². The number of carboxylic acid groups (broad SMARTS) is 1. The molecule has 0 radical (unpaired) electrons. The normalized spacial score (nSPS) is 10.1. The average molecular weight is 200 g/mol. The van der Waals surface area contributed by atoms with Crippen LogP contribution < -0.4 is 0 Å². The maximum Gasteiger partial charge on any atom is 0.336 e. The summed E-state index contributed by atoms with van der Waals surface area (Å²) in [6.45, 7) is 3.66. The minimum absolute atomic E-state index is 0.233. The molecule has 1 heterocycles. The number of carbonyl (C=O) groups is 1. The number of nitrogens with zero attached hydrogens (tertiary/aromatic N) is 1. The van der Waals surface area contributed by atoms with Gasteiger partial charge in [-0.2, -0.15) is 0 Å². The zero-order valence-electron chi connectivity index (χ0n) is 7.47. The van der Waals surface area contributed by atoms with Gasteiger partial charge in [-0.05, 0) is 25.0 Å². The zero-order valence-corrected chi connectivity index (χ0v) is 8.22. The van der Waals surface area contributed by atoms with Crippen molar-refractivity contribution < 1.29 is 9.90 Å². The molecule has 0 bridgehead atoms. The lowest BCUT2D eigenvalue weighted by Crippen LogP contribution is -2.04. The van der Waals surface area contributed by atoms with E-state index >= 15 is 0 Å². The third-order valence-electron chi connectivity index (χ3n) is 1.91. The highest BCUT2D eigenvalue weighted by Gasteiger charge is 2.12. The molecule has 3 nitrogen and oxygen atoms in total. The van der Waals surface area contributed by atoms with Crippen molar-refractivity contribution in [3.05, 3.63) is 28.0 Å². The first-order valence-electron chi connectivity index (χ1n) is 3.95. The van der Waals surface area contributed by atoms with Crippen LogP contribution in [0.3, 0.4) is 0 Å². The number of rotatable bonds is 2.